The van der Waals surface area contributed by atoms with Crippen LogP contribution in [-0.4, -0.2) is 0 Å². The fourth-order valence-corrected chi connectivity index (χ4v) is 4.76. The SMILES string of the molecule is C.Cc1ccc(-c2ccc(C#Cc3c(F)cc(C)cc3F)cc2)cc1.Cc1ccc(C#Cc2ccc(-c3ccc(C#N)c(F)c3)cc2)cc1. The zero-order valence-corrected chi connectivity index (χ0v) is 26.7. The molecule has 0 radical (unpaired) electrons. The molecule has 0 aliphatic carbocycles. The maximum absolute atomic E-state index is 13.8. The quantitative estimate of drug-likeness (QED) is 0.172. The highest BCUT2D eigenvalue weighted by Crippen LogP contribution is 2.23. The summed E-state index contributed by atoms with van der Waals surface area (Å²) in [4.78, 5) is 0. The summed E-state index contributed by atoms with van der Waals surface area (Å²) in [5.74, 6) is 9.90. The summed E-state index contributed by atoms with van der Waals surface area (Å²) in [7, 11) is 0. The van der Waals surface area contributed by atoms with Crippen LogP contribution in [0.25, 0.3) is 22.3 Å². The van der Waals surface area contributed by atoms with Crippen molar-refractivity contribution in [3.63, 3.8) is 0 Å². The van der Waals surface area contributed by atoms with Crippen LogP contribution < -0.4 is 0 Å². The number of nitriles is 1. The first-order chi connectivity index (χ1) is 23.2. The summed E-state index contributed by atoms with van der Waals surface area (Å²) in [5, 5.41) is 8.78. The molecule has 0 aliphatic heterocycles. The number of benzene rings is 6. The van der Waals surface area contributed by atoms with Crippen LogP contribution in [0, 0.1) is 73.2 Å². The van der Waals surface area contributed by atoms with Gasteiger partial charge >= 0.3 is 0 Å². The molecule has 0 saturated heterocycles. The number of hydrogen-bond donors (Lipinski definition) is 0. The lowest BCUT2D eigenvalue weighted by molar-refractivity contribution is 0.575. The molecule has 0 saturated carbocycles. The summed E-state index contributed by atoms with van der Waals surface area (Å²) in [6.07, 6.45) is 0. The average molecular weight is 646 g/mol. The van der Waals surface area contributed by atoms with E-state index in [1.54, 1.807) is 13.0 Å². The second-order valence-electron chi connectivity index (χ2n) is 11.3. The van der Waals surface area contributed by atoms with Crippen molar-refractivity contribution >= 4 is 0 Å². The molecule has 0 aliphatic rings. The summed E-state index contributed by atoms with van der Waals surface area (Å²) in [6, 6.07) is 40.6. The molecule has 0 atom stereocenters. The van der Waals surface area contributed by atoms with E-state index in [2.05, 4.69) is 47.9 Å². The summed E-state index contributed by atoms with van der Waals surface area (Å²) in [5.41, 5.74) is 9.23. The van der Waals surface area contributed by atoms with Crippen LogP contribution in [0.4, 0.5) is 13.2 Å². The van der Waals surface area contributed by atoms with E-state index in [4.69, 9.17) is 5.26 Å². The van der Waals surface area contributed by atoms with Gasteiger partial charge in [0.15, 0.2) is 0 Å². The zero-order chi connectivity index (χ0) is 34.0. The Morgan fingerprint density at radius 1 is 0.408 bits per heavy atom. The van der Waals surface area contributed by atoms with Gasteiger partial charge in [-0.15, -0.1) is 0 Å². The van der Waals surface area contributed by atoms with Gasteiger partial charge < -0.3 is 0 Å². The Labute approximate surface area is 287 Å². The maximum atomic E-state index is 13.8. The molecule has 0 N–H and O–H groups in total. The van der Waals surface area contributed by atoms with Gasteiger partial charge in [-0.1, -0.05) is 109 Å². The van der Waals surface area contributed by atoms with E-state index in [1.165, 1.54) is 35.4 Å². The van der Waals surface area contributed by atoms with Crippen LogP contribution in [0.2, 0.25) is 0 Å². The van der Waals surface area contributed by atoms with Crippen molar-refractivity contribution in [3.05, 3.63) is 189 Å². The Bertz CT molecular complexity index is 2200. The third kappa shape index (κ3) is 9.62. The Morgan fingerprint density at radius 3 is 1.22 bits per heavy atom. The average Bonchev–Trinajstić information content (AvgIpc) is 3.09. The van der Waals surface area contributed by atoms with E-state index in [-0.39, 0.29) is 18.6 Å². The van der Waals surface area contributed by atoms with Crippen molar-refractivity contribution in [2.45, 2.75) is 28.2 Å². The van der Waals surface area contributed by atoms with Gasteiger partial charge in [0.1, 0.15) is 23.5 Å². The second kappa shape index (κ2) is 16.5. The first-order valence-corrected chi connectivity index (χ1v) is 15.2. The zero-order valence-electron chi connectivity index (χ0n) is 26.7. The molecule has 0 unspecified atom stereocenters. The molecule has 0 fully saturated rings. The van der Waals surface area contributed by atoms with Gasteiger partial charge in [-0.25, -0.2) is 13.2 Å². The van der Waals surface area contributed by atoms with Crippen LogP contribution in [0.1, 0.15) is 51.9 Å². The highest BCUT2D eigenvalue weighted by atomic mass is 19.1. The lowest BCUT2D eigenvalue weighted by Crippen LogP contribution is -1.91. The molecule has 0 heterocycles. The lowest BCUT2D eigenvalue weighted by Gasteiger charge is -2.03. The molecule has 49 heavy (non-hydrogen) atoms. The molecule has 0 aromatic heterocycles. The van der Waals surface area contributed by atoms with Gasteiger partial charge in [0.2, 0.25) is 0 Å². The van der Waals surface area contributed by atoms with Crippen LogP contribution in [0.3, 0.4) is 0 Å². The standard InChI is InChI=1S/C22H16F2.C22H14FN.CH4/c1-15-3-8-18(9-4-15)19-10-5-17(6-11-19)7-12-20-21(23)13-16(2)14-22(20)24;1-16-2-4-17(5-3-16)6-7-18-8-10-19(11-9-18)20-12-13-21(15-24)22(23)14-20;/h3-6,8-11,13-14H,1-2H3;2-5,8-14H,1H3;1H4. The lowest BCUT2D eigenvalue weighted by atomic mass is 10.0. The molecule has 0 spiro atoms. The smallest absolute Gasteiger partial charge is 0.142 e. The van der Waals surface area contributed by atoms with Crippen LogP contribution >= 0.6 is 0 Å². The topological polar surface area (TPSA) is 23.8 Å². The second-order valence-corrected chi connectivity index (χ2v) is 11.3. The summed E-state index contributed by atoms with van der Waals surface area (Å²) < 4.78 is 41.3. The fraction of sp³-hybridized carbons (Fsp3) is 0.0889. The van der Waals surface area contributed by atoms with Crippen molar-refractivity contribution in [1.82, 2.24) is 0 Å². The fourth-order valence-electron chi connectivity index (χ4n) is 4.76. The molecular weight excluding hydrogens is 611 g/mol. The van der Waals surface area contributed by atoms with Crippen molar-refractivity contribution in [3.8, 4) is 52.0 Å². The number of halogens is 3. The highest BCUT2D eigenvalue weighted by Gasteiger charge is 2.07. The molecular formula is C45H34F3N. The van der Waals surface area contributed by atoms with Crippen molar-refractivity contribution < 1.29 is 13.2 Å². The van der Waals surface area contributed by atoms with Gasteiger partial charge in [-0.05, 0) is 109 Å². The van der Waals surface area contributed by atoms with E-state index in [1.807, 2.05) is 92.7 Å². The minimum absolute atomic E-state index is 0. The van der Waals surface area contributed by atoms with Gasteiger partial charge in [0, 0.05) is 16.7 Å². The highest BCUT2D eigenvalue weighted by molar-refractivity contribution is 5.66. The van der Waals surface area contributed by atoms with Crippen LogP contribution in [0.5, 0.6) is 0 Å². The number of hydrogen-bond acceptors (Lipinski definition) is 1. The molecule has 4 heteroatoms. The third-order valence-corrected chi connectivity index (χ3v) is 7.50. The number of aryl methyl sites for hydroxylation is 3. The normalized spacial score (nSPS) is 9.73. The Balaban J connectivity index is 0.000000216. The predicted molar refractivity (Wildman–Crippen MR) is 194 cm³/mol. The molecule has 0 bridgehead atoms. The van der Waals surface area contributed by atoms with Crippen molar-refractivity contribution in [2.24, 2.45) is 0 Å². The van der Waals surface area contributed by atoms with E-state index in [0.717, 1.165) is 33.4 Å². The minimum atomic E-state index is -0.628. The Morgan fingerprint density at radius 2 is 0.776 bits per heavy atom. The third-order valence-electron chi connectivity index (χ3n) is 7.50. The predicted octanol–water partition coefficient (Wildman–Crippen LogP) is 11.4. The van der Waals surface area contributed by atoms with Crippen LogP contribution in [-0.2, 0) is 0 Å². The number of nitrogens with zero attached hydrogens (tertiary/aromatic N) is 1. The Hall–Kier alpha value is -6.28. The molecule has 1 nitrogen and oxygen atoms in total. The first-order valence-electron chi connectivity index (χ1n) is 15.2. The summed E-state index contributed by atoms with van der Waals surface area (Å²) in [6.45, 7) is 5.74. The van der Waals surface area contributed by atoms with Crippen molar-refractivity contribution in [2.75, 3.05) is 0 Å². The largest absolute Gasteiger partial charge is 0.206 e. The monoisotopic (exact) mass is 645 g/mol. The molecule has 0 amide bonds. The van der Waals surface area contributed by atoms with Crippen LogP contribution in [0.15, 0.2) is 127 Å². The minimum Gasteiger partial charge on any atom is -0.206 e. The molecule has 240 valence electrons. The van der Waals surface area contributed by atoms with Gasteiger partial charge in [0.05, 0.1) is 11.1 Å². The van der Waals surface area contributed by atoms with Gasteiger partial charge in [0.25, 0.3) is 0 Å². The van der Waals surface area contributed by atoms with Gasteiger partial charge in [-0.3, -0.25) is 0 Å². The molecule has 6 aromatic rings. The van der Waals surface area contributed by atoms with E-state index in [0.29, 0.717) is 11.1 Å². The molecule has 6 rings (SSSR count). The first kappa shape index (κ1) is 35.6. The van der Waals surface area contributed by atoms with Gasteiger partial charge in [-0.2, -0.15) is 5.26 Å². The Kier molecular flexibility index (Phi) is 12.0. The maximum Gasteiger partial charge on any atom is 0.142 e. The van der Waals surface area contributed by atoms with E-state index in [9.17, 15) is 13.2 Å². The van der Waals surface area contributed by atoms with Crippen molar-refractivity contribution in [1.29, 1.82) is 5.26 Å². The number of rotatable bonds is 2. The molecule has 6 aromatic carbocycles. The van der Waals surface area contributed by atoms with E-state index < -0.39 is 17.5 Å². The summed E-state index contributed by atoms with van der Waals surface area (Å²) >= 11 is 0. The van der Waals surface area contributed by atoms with E-state index >= 15 is 0 Å².